The van der Waals surface area contributed by atoms with Gasteiger partial charge in [0.15, 0.2) is 0 Å². The van der Waals surface area contributed by atoms with Gasteiger partial charge < -0.3 is 9.31 Å². The summed E-state index contributed by atoms with van der Waals surface area (Å²) in [5.74, 6) is -0.257. The molecule has 1 saturated carbocycles. The fourth-order valence-electron chi connectivity index (χ4n) is 4.02. The summed E-state index contributed by atoms with van der Waals surface area (Å²) < 4.78 is 26.6. The summed E-state index contributed by atoms with van der Waals surface area (Å²) in [4.78, 5) is 2.53. The van der Waals surface area contributed by atoms with E-state index in [2.05, 4.69) is 11.8 Å². The highest BCUT2D eigenvalue weighted by atomic mass is 19.1. The predicted molar refractivity (Wildman–Crippen MR) is 105 cm³/mol. The quantitative estimate of drug-likeness (QED) is 0.731. The van der Waals surface area contributed by atoms with E-state index in [1.807, 2.05) is 39.8 Å². The summed E-state index contributed by atoms with van der Waals surface area (Å²) in [6.07, 6.45) is 6.56. The average molecular weight is 361 g/mol. The highest BCUT2D eigenvalue weighted by Crippen LogP contribution is 2.36. The van der Waals surface area contributed by atoms with Crippen molar-refractivity contribution in [3.63, 3.8) is 0 Å². The Bertz CT molecular complexity index is 612. The summed E-state index contributed by atoms with van der Waals surface area (Å²) in [6, 6.07) is 6.04. The van der Waals surface area contributed by atoms with Crippen molar-refractivity contribution in [2.45, 2.75) is 90.5 Å². The molecule has 0 radical (unpaired) electrons. The van der Waals surface area contributed by atoms with Gasteiger partial charge in [-0.2, -0.15) is 0 Å². The molecule has 1 aromatic carbocycles. The van der Waals surface area contributed by atoms with Gasteiger partial charge in [-0.3, -0.25) is 4.90 Å². The van der Waals surface area contributed by atoms with Gasteiger partial charge in [0.1, 0.15) is 5.82 Å². The van der Waals surface area contributed by atoms with E-state index in [4.69, 9.17) is 9.31 Å². The Morgan fingerprint density at radius 2 is 1.69 bits per heavy atom. The minimum Gasteiger partial charge on any atom is -0.399 e. The second kappa shape index (κ2) is 7.61. The van der Waals surface area contributed by atoms with Gasteiger partial charge in [-0.15, -0.1) is 0 Å². The third-order valence-electron chi connectivity index (χ3n) is 6.45. The molecule has 1 saturated heterocycles. The number of halogens is 1. The molecule has 0 N–H and O–H groups in total. The van der Waals surface area contributed by atoms with E-state index in [1.54, 1.807) is 6.07 Å². The molecule has 1 heterocycles. The van der Waals surface area contributed by atoms with E-state index in [9.17, 15) is 4.39 Å². The van der Waals surface area contributed by atoms with Gasteiger partial charge >= 0.3 is 7.12 Å². The average Bonchev–Trinajstić information content (AvgIpc) is 2.82. The Hall–Kier alpha value is -0.905. The zero-order valence-electron chi connectivity index (χ0n) is 17.0. The molecule has 3 rings (SSSR count). The van der Waals surface area contributed by atoms with Crippen LogP contribution < -0.4 is 5.46 Å². The van der Waals surface area contributed by atoms with Crippen LogP contribution in [0.5, 0.6) is 0 Å². The van der Waals surface area contributed by atoms with Gasteiger partial charge in [-0.05, 0) is 58.7 Å². The standard InChI is InChI=1S/C21H33BFNO2/c1-6-24(17-10-8-7-9-11-17)15-16-12-13-19(23)18(14-16)22-25-20(2,3)21(4,5)26-22/h12-14,17H,6-11,15H2,1-5H3. The third-order valence-corrected chi connectivity index (χ3v) is 6.45. The molecule has 0 atom stereocenters. The van der Waals surface area contributed by atoms with Crippen LogP contribution >= 0.6 is 0 Å². The Morgan fingerprint density at radius 3 is 2.27 bits per heavy atom. The van der Waals surface area contributed by atoms with Gasteiger partial charge in [0.2, 0.25) is 0 Å². The van der Waals surface area contributed by atoms with Crippen molar-refractivity contribution in [1.82, 2.24) is 4.90 Å². The van der Waals surface area contributed by atoms with Crippen molar-refractivity contribution in [2.75, 3.05) is 6.54 Å². The number of rotatable bonds is 5. The summed E-state index contributed by atoms with van der Waals surface area (Å²) in [5.41, 5.74) is 0.722. The molecule has 2 fully saturated rings. The third kappa shape index (κ3) is 4.00. The first-order valence-electron chi connectivity index (χ1n) is 10.1. The minimum absolute atomic E-state index is 0.257. The van der Waals surface area contributed by atoms with Crippen LogP contribution in [0.3, 0.4) is 0 Å². The molecule has 1 aliphatic heterocycles. The molecule has 26 heavy (non-hydrogen) atoms. The predicted octanol–water partition coefficient (Wildman–Crippen LogP) is 4.28. The monoisotopic (exact) mass is 361 g/mol. The van der Waals surface area contributed by atoms with Crippen LogP contribution in [0.25, 0.3) is 0 Å². The maximum absolute atomic E-state index is 14.5. The summed E-state index contributed by atoms with van der Waals surface area (Å²) in [6.45, 7) is 12.1. The van der Waals surface area contributed by atoms with Gasteiger partial charge in [0, 0.05) is 18.0 Å². The fourth-order valence-corrected chi connectivity index (χ4v) is 4.02. The normalized spacial score (nSPS) is 23.0. The first-order chi connectivity index (χ1) is 12.2. The second-order valence-corrected chi connectivity index (χ2v) is 8.80. The van der Waals surface area contributed by atoms with E-state index < -0.39 is 18.3 Å². The molecule has 0 bridgehead atoms. The lowest BCUT2D eigenvalue weighted by Gasteiger charge is -2.33. The smallest absolute Gasteiger partial charge is 0.399 e. The molecule has 3 nitrogen and oxygen atoms in total. The Labute approximate surface area is 158 Å². The van der Waals surface area contributed by atoms with Crippen LogP contribution in [0.1, 0.15) is 72.3 Å². The summed E-state index contributed by atoms with van der Waals surface area (Å²) in [7, 11) is -0.648. The molecule has 0 spiro atoms. The number of benzene rings is 1. The lowest BCUT2D eigenvalue weighted by molar-refractivity contribution is 0.00578. The van der Waals surface area contributed by atoms with Gasteiger partial charge in [0.05, 0.1) is 11.2 Å². The molecule has 1 aliphatic carbocycles. The van der Waals surface area contributed by atoms with Crippen molar-refractivity contribution in [3.05, 3.63) is 29.6 Å². The van der Waals surface area contributed by atoms with Crippen LogP contribution in [0.4, 0.5) is 4.39 Å². The Balaban J connectivity index is 1.77. The zero-order chi connectivity index (χ0) is 18.9. The fraction of sp³-hybridized carbons (Fsp3) is 0.714. The van der Waals surface area contributed by atoms with Crippen molar-refractivity contribution in [1.29, 1.82) is 0 Å². The number of nitrogens with zero attached hydrogens (tertiary/aromatic N) is 1. The first-order valence-corrected chi connectivity index (χ1v) is 10.1. The summed E-state index contributed by atoms with van der Waals surface area (Å²) >= 11 is 0. The molecular weight excluding hydrogens is 328 g/mol. The zero-order valence-corrected chi connectivity index (χ0v) is 17.0. The maximum atomic E-state index is 14.5. The first kappa shape index (κ1) is 19.8. The van der Waals surface area contributed by atoms with Gasteiger partial charge in [0.25, 0.3) is 0 Å². The van der Waals surface area contributed by atoms with Gasteiger partial charge in [-0.1, -0.05) is 38.3 Å². The topological polar surface area (TPSA) is 21.7 Å². The van der Waals surface area contributed by atoms with Crippen molar-refractivity contribution in [3.8, 4) is 0 Å². The number of hydrogen-bond donors (Lipinski definition) is 0. The second-order valence-electron chi connectivity index (χ2n) is 8.80. The van der Waals surface area contributed by atoms with Crippen molar-refractivity contribution in [2.24, 2.45) is 0 Å². The molecule has 0 unspecified atom stereocenters. The van der Waals surface area contributed by atoms with Gasteiger partial charge in [-0.25, -0.2) is 4.39 Å². The number of hydrogen-bond acceptors (Lipinski definition) is 3. The van der Waals surface area contributed by atoms with Crippen molar-refractivity contribution < 1.29 is 13.7 Å². The summed E-state index contributed by atoms with van der Waals surface area (Å²) in [5, 5.41) is 0. The van der Waals surface area contributed by atoms with Crippen molar-refractivity contribution >= 4 is 12.6 Å². The SMILES string of the molecule is CCN(Cc1ccc(F)c(B2OC(C)(C)C(C)(C)O2)c1)C1CCCCC1. The Morgan fingerprint density at radius 1 is 1.08 bits per heavy atom. The largest absolute Gasteiger partial charge is 0.497 e. The van der Waals surface area contributed by atoms with E-state index in [-0.39, 0.29) is 5.82 Å². The molecule has 1 aromatic rings. The highest BCUT2D eigenvalue weighted by molar-refractivity contribution is 6.62. The van der Waals surface area contributed by atoms with Crippen LogP contribution in [0.15, 0.2) is 18.2 Å². The molecular formula is C21H33BFNO2. The van der Waals surface area contributed by atoms with E-state index >= 15 is 0 Å². The maximum Gasteiger partial charge on any atom is 0.497 e. The lowest BCUT2D eigenvalue weighted by atomic mass is 9.78. The lowest BCUT2D eigenvalue weighted by Crippen LogP contribution is -2.41. The van der Waals surface area contributed by atoms with Crippen LogP contribution in [0.2, 0.25) is 0 Å². The molecule has 0 amide bonds. The van der Waals surface area contributed by atoms with E-state index in [0.29, 0.717) is 11.5 Å². The molecule has 5 heteroatoms. The minimum atomic E-state index is -0.648. The molecule has 2 aliphatic rings. The van der Waals surface area contributed by atoms with Crippen LogP contribution in [0, 0.1) is 5.82 Å². The highest BCUT2D eigenvalue weighted by Gasteiger charge is 2.52. The Kier molecular flexibility index (Phi) is 5.81. The van der Waals surface area contributed by atoms with Crippen LogP contribution in [-0.2, 0) is 15.9 Å². The van der Waals surface area contributed by atoms with E-state index in [1.165, 1.54) is 32.1 Å². The van der Waals surface area contributed by atoms with Crippen LogP contribution in [-0.4, -0.2) is 35.8 Å². The molecule has 144 valence electrons. The molecule has 0 aromatic heterocycles. The van der Waals surface area contributed by atoms with E-state index in [0.717, 1.165) is 18.7 Å².